The summed E-state index contributed by atoms with van der Waals surface area (Å²) in [5.41, 5.74) is 1.14. The Morgan fingerprint density at radius 1 is 1.50 bits per heavy atom. The molecule has 0 unspecified atom stereocenters. The molecule has 0 spiro atoms. The fourth-order valence-electron chi connectivity index (χ4n) is 1.56. The summed E-state index contributed by atoms with van der Waals surface area (Å²) >= 11 is 1.63. The predicted octanol–water partition coefficient (Wildman–Crippen LogP) is 1.20. The van der Waals surface area contributed by atoms with Crippen molar-refractivity contribution in [2.24, 2.45) is 0 Å². The van der Waals surface area contributed by atoms with E-state index in [1.807, 2.05) is 18.4 Å². The SMILES string of the molecule is CSCC[C@H](O)C(=O)N(C)CCc1ccncc1. The van der Waals surface area contributed by atoms with E-state index in [1.165, 1.54) is 0 Å². The van der Waals surface area contributed by atoms with Gasteiger partial charge in [-0.2, -0.15) is 11.8 Å². The Morgan fingerprint density at radius 2 is 2.17 bits per heavy atom. The second-order valence-electron chi connectivity index (χ2n) is 4.16. The Hall–Kier alpha value is -1.07. The number of likely N-dealkylation sites (N-methyl/N-ethyl adjacent to an activating group) is 1. The number of hydrogen-bond acceptors (Lipinski definition) is 4. The molecule has 1 heterocycles. The highest BCUT2D eigenvalue weighted by atomic mass is 32.2. The average Bonchev–Trinajstić information content (AvgIpc) is 2.42. The minimum Gasteiger partial charge on any atom is -0.383 e. The van der Waals surface area contributed by atoms with E-state index in [0.717, 1.165) is 17.7 Å². The number of hydrogen-bond donors (Lipinski definition) is 1. The van der Waals surface area contributed by atoms with Gasteiger partial charge in [-0.15, -0.1) is 0 Å². The first kappa shape index (κ1) is 15.0. The molecule has 1 aromatic heterocycles. The smallest absolute Gasteiger partial charge is 0.251 e. The molecule has 0 aliphatic rings. The van der Waals surface area contributed by atoms with Crippen LogP contribution in [-0.4, -0.2) is 52.6 Å². The van der Waals surface area contributed by atoms with Crippen molar-refractivity contribution in [2.45, 2.75) is 18.9 Å². The fourth-order valence-corrected chi connectivity index (χ4v) is 2.02. The van der Waals surface area contributed by atoms with Crippen LogP contribution in [0.2, 0.25) is 0 Å². The molecule has 0 fully saturated rings. The molecule has 1 atom stereocenters. The third-order valence-electron chi connectivity index (χ3n) is 2.74. The molecule has 0 aliphatic heterocycles. The van der Waals surface area contributed by atoms with Crippen LogP contribution in [0.3, 0.4) is 0 Å². The molecule has 0 aromatic carbocycles. The van der Waals surface area contributed by atoms with Gasteiger partial charge in [-0.3, -0.25) is 9.78 Å². The molecule has 0 radical (unpaired) electrons. The van der Waals surface area contributed by atoms with E-state index in [1.54, 1.807) is 36.1 Å². The molecule has 1 amide bonds. The topological polar surface area (TPSA) is 53.4 Å². The van der Waals surface area contributed by atoms with Gasteiger partial charge in [-0.05, 0) is 42.5 Å². The van der Waals surface area contributed by atoms with E-state index in [-0.39, 0.29) is 5.91 Å². The Bertz CT molecular complexity index is 359. The third kappa shape index (κ3) is 5.06. The molecule has 0 bridgehead atoms. The third-order valence-corrected chi connectivity index (χ3v) is 3.39. The minimum atomic E-state index is -0.875. The van der Waals surface area contributed by atoms with Crippen molar-refractivity contribution in [3.05, 3.63) is 30.1 Å². The Balaban J connectivity index is 2.35. The lowest BCUT2D eigenvalue weighted by atomic mass is 10.2. The van der Waals surface area contributed by atoms with Crippen molar-refractivity contribution >= 4 is 17.7 Å². The van der Waals surface area contributed by atoms with Crippen LogP contribution in [0.15, 0.2) is 24.5 Å². The Kier molecular flexibility index (Phi) is 6.75. The first-order valence-corrected chi connectivity index (χ1v) is 7.35. The van der Waals surface area contributed by atoms with Gasteiger partial charge < -0.3 is 10.0 Å². The van der Waals surface area contributed by atoms with Crippen molar-refractivity contribution in [1.29, 1.82) is 0 Å². The van der Waals surface area contributed by atoms with Gasteiger partial charge in [0.15, 0.2) is 0 Å². The van der Waals surface area contributed by atoms with Gasteiger partial charge in [-0.1, -0.05) is 0 Å². The van der Waals surface area contributed by atoms with Crippen molar-refractivity contribution < 1.29 is 9.90 Å². The number of carbonyl (C=O) groups is 1. The molecule has 1 N–H and O–H groups in total. The number of nitrogens with zero attached hydrogens (tertiary/aromatic N) is 2. The van der Waals surface area contributed by atoms with Gasteiger partial charge in [0.1, 0.15) is 6.10 Å². The van der Waals surface area contributed by atoms with E-state index in [9.17, 15) is 9.90 Å². The minimum absolute atomic E-state index is 0.196. The number of thioether (sulfide) groups is 1. The number of aliphatic hydroxyl groups excluding tert-OH is 1. The van der Waals surface area contributed by atoms with Crippen molar-refractivity contribution in [1.82, 2.24) is 9.88 Å². The zero-order valence-electron chi connectivity index (χ0n) is 10.9. The van der Waals surface area contributed by atoms with Crippen molar-refractivity contribution in [3.63, 3.8) is 0 Å². The van der Waals surface area contributed by atoms with Gasteiger partial charge in [-0.25, -0.2) is 0 Å². The van der Waals surface area contributed by atoms with Crippen LogP contribution < -0.4 is 0 Å². The lowest BCUT2D eigenvalue weighted by Crippen LogP contribution is -2.37. The number of aliphatic hydroxyl groups is 1. The van der Waals surface area contributed by atoms with Crippen LogP contribution in [0.1, 0.15) is 12.0 Å². The highest BCUT2D eigenvalue weighted by Crippen LogP contribution is 2.05. The van der Waals surface area contributed by atoms with Crippen LogP contribution in [0, 0.1) is 0 Å². The number of pyridine rings is 1. The molecule has 4 nitrogen and oxygen atoms in total. The van der Waals surface area contributed by atoms with E-state index >= 15 is 0 Å². The molecule has 0 saturated carbocycles. The lowest BCUT2D eigenvalue weighted by molar-refractivity contribution is -0.138. The monoisotopic (exact) mass is 268 g/mol. The number of amides is 1. The summed E-state index contributed by atoms with van der Waals surface area (Å²) in [4.78, 5) is 17.4. The first-order valence-electron chi connectivity index (χ1n) is 5.96. The molecule has 18 heavy (non-hydrogen) atoms. The highest BCUT2D eigenvalue weighted by molar-refractivity contribution is 7.98. The van der Waals surface area contributed by atoms with Gasteiger partial charge in [0.25, 0.3) is 5.91 Å². The van der Waals surface area contributed by atoms with Crippen LogP contribution in [0.25, 0.3) is 0 Å². The molecule has 1 aromatic rings. The molecular formula is C13H20N2O2S. The lowest BCUT2D eigenvalue weighted by Gasteiger charge is -2.20. The van der Waals surface area contributed by atoms with Crippen LogP contribution in [-0.2, 0) is 11.2 Å². The number of rotatable bonds is 7. The maximum Gasteiger partial charge on any atom is 0.251 e. The zero-order chi connectivity index (χ0) is 13.4. The Labute approximate surface area is 112 Å². The van der Waals surface area contributed by atoms with Crippen LogP contribution >= 0.6 is 11.8 Å². The normalized spacial score (nSPS) is 12.2. The van der Waals surface area contributed by atoms with Crippen LogP contribution in [0.5, 0.6) is 0 Å². The van der Waals surface area contributed by atoms with E-state index in [4.69, 9.17) is 0 Å². The molecule has 100 valence electrons. The maximum absolute atomic E-state index is 11.8. The predicted molar refractivity (Wildman–Crippen MR) is 74.6 cm³/mol. The average molecular weight is 268 g/mol. The quantitative estimate of drug-likeness (QED) is 0.807. The largest absolute Gasteiger partial charge is 0.383 e. The summed E-state index contributed by atoms with van der Waals surface area (Å²) < 4.78 is 0. The fraction of sp³-hybridized carbons (Fsp3) is 0.538. The summed E-state index contributed by atoms with van der Waals surface area (Å²) in [6.07, 6.45) is 5.86. The number of carbonyl (C=O) groups excluding carboxylic acids is 1. The standard InChI is InChI=1S/C13H20N2O2S/c1-15(13(17)12(16)6-10-18-2)9-5-11-3-7-14-8-4-11/h3-4,7-8,12,16H,5-6,9-10H2,1-2H3/t12-/m0/s1. The van der Waals surface area contributed by atoms with E-state index in [2.05, 4.69) is 4.98 Å². The van der Waals surface area contributed by atoms with E-state index < -0.39 is 6.10 Å². The van der Waals surface area contributed by atoms with Crippen molar-refractivity contribution in [2.75, 3.05) is 25.6 Å². The summed E-state index contributed by atoms with van der Waals surface area (Å²) in [6, 6.07) is 3.87. The van der Waals surface area contributed by atoms with Gasteiger partial charge in [0.05, 0.1) is 0 Å². The van der Waals surface area contributed by atoms with Gasteiger partial charge in [0, 0.05) is 26.0 Å². The van der Waals surface area contributed by atoms with E-state index in [0.29, 0.717) is 13.0 Å². The molecule has 1 rings (SSSR count). The summed E-state index contributed by atoms with van der Waals surface area (Å²) in [6.45, 7) is 0.610. The van der Waals surface area contributed by atoms with Gasteiger partial charge in [0.2, 0.25) is 0 Å². The van der Waals surface area contributed by atoms with Gasteiger partial charge >= 0.3 is 0 Å². The Morgan fingerprint density at radius 3 is 2.78 bits per heavy atom. The van der Waals surface area contributed by atoms with Crippen molar-refractivity contribution in [3.8, 4) is 0 Å². The molecule has 5 heteroatoms. The maximum atomic E-state index is 11.8. The summed E-state index contributed by atoms with van der Waals surface area (Å²) in [7, 11) is 1.73. The molecule has 0 aliphatic carbocycles. The number of aromatic nitrogens is 1. The highest BCUT2D eigenvalue weighted by Gasteiger charge is 2.18. The molecular weight excluding hydrogens is 248 g/mol. The van der Waals surface area contributed by atoms with Crippen LogP contribution in [0.4, 0.5) is 0 Å². The summed E-state index contributed by atoms with van der Waals surface area (Å²) in [5.74, 6) is 0.601. The second-order valence-corrected chi connectivity index (χ2v) is 5.15. The summed E-state index contributed by atoms with van der Waals surface area (Å²) in [5, 5.41) is 9.70. The zero-order valence-corrected chi connectivity index (χ0v) is 11.7. The first-order chi connectivity index (χ1) is 8.65. The second kappa shape index (κ2) is 8.11. The molecule has 0 saturated heterocycles.